The summed E-state index contributed by atoms with van der Waals surface area (Å²) in [5, 5.41) is 6.03. The molecule has 0 aromatic rings. The van der Waals surface area contributed by atoms with Crippen molar-refractivity contribution in [2.24, 2.45) is 23.7 Å². The van der Waals surface area contributed by atoms with Crippen molar-refractivity contribution in [3.63, 3.8) is 0 Å². The molecule has 1 aliphatic heterocycles. The number of rotatable bonds is 5. The van der Waals surface area contributed by atoms with Crippen LogP contribution in [0.5, 0.6) is 0 Å². The van der Waals surface area contributed by atoms with Crippen LogP contribution in [-0.4, -0.2) is 40.4 Å². The zero-order valence-electron chi connectivity index (χ0n) is 16.1. The van der Waals surface area contributed by atoms with Gasteiger partial charge in [-0.05, 0) is 75.5 Å². The largest absolute Gasteiger partial charge is 0.349 e. The lowest BCUT2D eigenvalue weighted by Gasteiger charge is -2.56. The Morgan fingerprint density at radius 1 is 1.15 bits per heavy atom. The molecular weight excluding hydrogens is 330 g/mol. The smallest absolute Gasteiger partial charge is 0.325 e. The number of amides is 4. The maximum Gasteiger partial charge on any atom is 0.325 e. The average molecular weight is 361 g/mol. The second-order valence-corrected chi connectivity index (χ2v) is 10.00. The molecule has 1 atom stereocenters. The minimum Gasteiger partial charge on any atom is -0.349 e. The van der Waals surface area contributed by atoms with E-state index in [1.165, 1.54) is 19.3 Å². The van der Waals surface area contributed by atoms with Gasteiger partial charge in [-0.15, -0.1) is 0 Å². The number of carbonyl (C=O) groups is 3. The predicted molar refractivity (Wildman–Crippen MR) is 97.2 cm³/mol. The Labute approximate surface area is 155 Å². The molecule has 0 aromatic heterocycles. The number of hydrogen-bond acceptors (Lipinski definition) is 3. The highest BCUT2D eigenvalue weighted by Crippen LogP contribution is 2.55. The van der Waals surface area contributed by atoms with Gasteiger partial charge in [-0.2, -0.15) is 0 Å². The van der Waals surface area contributed by atoms with E-state index in [0.29, 0.717) is 6.42 Å². The standard InChI is InChI=1S/C20H31N3O3/c1-12(2)7-19(3)17(25)23(18(26)22-19)11-16(24)21-20-8-13-4-14(9-20)6-15(5-13)10-20/h12-15H,4-11H2,1-3H3,(H,21,24)(H,22,26). The number of hydrogen-bond donors (Lipinski definition) is 2. The van der Waals surface area contributed by atoms with Gasteiger partial charge in [-0.25, -0.2) is 4.79 Å². The van der Waals surface area contributed by atoms with Crippen molar-refractivity contribution in [1.82, 2.24) is 15.5 Å². The van der Waals surface area contributed by atoms with E-state index in [1.54, 1.807) is 6.92 Å². The quantitative estimate of drug-likeness (QED) is 0.738. The third-order valence-electron chi connectivity index (χ3n) is 6.91. The first-order chi connectivity index (χ1) is 12.2. The molecule has 1 saturated heterocycles. The molecule has 26 heavy (non-hydrogen) atoms. The topological polar surface area (TPSA) is 78.5 Å². The second kappa shape index (κ2) is 5.96. The van der Waals surface area contributed by atoms with Crippen molar-refractivity contribution in [1.29, 1.82) is 0 Å². The zero-order chi connectivity index (χ0) is 18.7. The monoisotopic (exact) mass is 361 g/mol. The summed E-state index contributed by atoms with van der Waals surface area (Å²) in [6.07, 6.45) is 7.72. The molecular formula is C20H31N3O3. The van der Waals surface area contributed by atoms with Gasteiger partial charge in [0.25, 0.3) is 5.91 Å². The molecule has 4 bridgehead atoms. The molecule has 144 valence electrons. The highest BCUT2D eigenvalue weighted by atomic mass is 16.2. The molecule has 5 rings (SSSR count). The van der Waals surface area contributed by atoms with Crippen LogP contribution in [0.15, 0.2) is 0 Å². The molecule has 6 heteroatoms. The SMILES string of the molecule is CC(C)CC1(C)NC(=O)N(CC(=O)NC23CC4CC(CC(C4)C2)C3)C1=O. The normalized spacial score (nSPS) is 41.1. The Morgan fingerprint density at radius 3 is 2.19 bits per heavy atom. The average Bonchev–Trinajstić information content (AvgIpc) is 2.67. The lowest BCUT2D eigenvalue weighted by molar-refractivity contribution is -0.136. The van der Waals surface area contributed by atoms with Crippen LogP contribution >= 0.6 is 0 Å². The Hall–Kier alpha value is -1.59. The molecule has 0 aromatic carbocycles. The van der Waals surface area contributed by atoms with E-state index in [-0.39, 0.29) is 29.8 Å². The second-order valence-electron chi connectivity index (χ2n) is 10.00. The zero-order valence-corrected chi connectivity index (χ0v) is 16.1. The highest BCUT2D eigenvalue weighted by Gasteiger charge is 2.52. The van der Waals surface area contributed by atoms with E-state index in [1.807, 2.05) is 13.8 Å². The number of urea groups is 1. The van der Waals surface area contributed by atoms with Crippen LogP contribution in [0.25, 0.3) is 0 Å². The van der Waals surface area contributed by atoms with E-state index >= 15 is 0 Å². The van der Waals surface area contributed by atoms with Crippen molar-refractivity contribution >= 4 is 17.8 Å². The summed E-state index contributed by atoms with van der Waals surface area (Å²) in [4.78, 5) is 38.8. The Bertz CT molecular complexity index is 609. The molecule has 4 aliphatic carbocycles. The van der Waals surface area contributed by atoms with E-state index in [0.717, 1.165) is 41.9 Å². The number of carbonyl (C=O) groups excluding carboxylic acids is 3. The van der Waals surface area contributed by atoms with E-state index in [4.69, 9.17) is 0 Å². The lowest BCUT2D eigenvalue weighted by atomic mass is 9.53. The first-order valence-corrected chi connectivity index (χ1v) is 10.1. The van der Waals surface area contributed by atoms with Gasteiger partial charge in [0.1, 0.15) is 12.1 Å². The van der Waals surface area contributed by atoms with Gasteiger partial charge in [0.05, 0.1) is 0 Å². The molecule has 4 saturated carbocycles. The van der Waals surface area contributed by atoms with Crippen LogP contribution in [0.2, 0.25) is 0 Å². The molecule has 5 aliphatic rings. The van der Waals surface area contributed by atoms with Crippen LogP contribution < -0.4 is 10.6 Å². The third kappa shape index (κ3) is 3.01. The molecule has 5 fully saturated rings. The summed E-state index contributed by atoms with van der Waals surface area (Å²) in [5.41, 5.74) is -0.988. The first-order valence-electron chi connectivity index (χ1n) is 10.1. The molecule has 2 N–H and O–H groups in total. The number of imide groups is 1. The summed E-state index contributed by atoms with van der Waals surface area (Å²) in [6, 6.07) is -0.446. The van der Waals surface area contributed by atoms with E-state index in [9.17, 15) is 14.4 Å². The summed E-state index contributed by atoms with van der Waals surface area (Å²) in [6.45, 7) is 5.63. The van der Waals surface area contributed by atoms with Crippen molar-refractivity contribution < 1.29 is 14.4 Å². The summed E-state index contributed by atoms with van der Waals surface area (Å²) in [5.74, 6) is 2.04. The van der Waals surface area contributed by atoms with E-state index in [2.05, 4.69) is 10.6 Å². The van der Waals surface area contributed by atoms with Gasteiger partial charge in [-0.1, -0.05) is 13.8 Å². The fourth-order valence-electron chi connectivity index (χ4n) is 6.59. The van der Waals surface area contributed by atoms with Gasteiger partial charge < -0.3 is 10.6 Å². The first kappa shape index (κ1) is 17.8. The number of nitrogens with one attached hydrogen (secondary N) is 2. The van der Waals surface area contributed by atoms with Crippen LogP contribution in [0.3, 0.4) is 0 Å². The molecule has 0 spiro atoms. The van der Waals surface area contributed by atoms with Gasteiger partial charge in [0.15, 0.2) is 0 Å². The lowest BCUT2D eigenvalue weighted by Crippen LogP contribution is -2.61. The van der Waals surface area contributed by atoms with Crippen molar-refractivity contribution in [2.45, 2.75) is 76.8 Å². The van der Waals surface area contributed by atoms with Crippen molar-refractivity contribution in [3.8, 4) is 0 Å². The Morgan fingerprint density at radius 2 is 1.69 bits per heavy atom. The molecule has 4 amide bonds. The molecule has 0 radical (unpaired) electrons. The van der Waals surface area contributed by atoms with Crippen molar-refractivity contribution in [3.05, 3.63) is 0 Å². The van der Waals surface area contributed by atoms with Crippen molar-refractivity contribution in [2.75, 3.05) is 6.54 Å². The fourth-order valence-corrected chi connectivity index (χ4v) is 6.59. The summed E-state index contributed by atoms with van der Waals surface area (Å²) >= 11 is 0. The van der Waals surface area contributed by atoms with Crippen LogP contribution in [0, 0.1) is 23.7 Å². The Balaban J connectivity index is 1.41. The van der Waals surface area contributed by atoms with Gasteiger partial charge >= 0.3 is 6.03 Å². The minimum atomic E-state index is -0.897. The predicted octanol–water partition coefficient (Wildman–Crippen LogP) is 2.43. The van der Waals surface area contributed by atoms with Crippen LogP contribution in [0.1, 0.15) is 65.7 Å². The van der Waals surface area contributed by atoms with Gasteiger partial charge in [-0.3, -0.25) is 14.5 Å². The molecule has 1 unspecified atom stereocenters. The molecule has 1 heterocycles. The van der Waals surface area contributed by atoms with Crippen LogP contribution in [0.4, 0.5) is 4.79 Å². The minimum absolute atomic E-state index is 0.0910. The van der Waals surface area contributed by atoms with Gasteiger partial charge in [0.2, 0.25) is 5.91 Å². The summed E-state index contributed by atoms with van der Waals surface area (Å²) < 4.78 is 0. The number of nitrogens with zero attached hydrogens (tertiary/aromatic N) is 1. The van der Waals surface area contributed by atoms with Gasteiger partial charge in [0, 0.05) is 5.54 Å². The fraction of sp³-hybridized carbons (Fsp3) is 0.850. The summed E-state index contributed by atoms with van der Waals surface area (Å²) in [7, 11) is 0. The maximum absolute atomic E-state index is 12.7. The Kier molecular flexibility index (Phi) is 4.08. The van der Waals surface area contributed by atoms with E-state index < -0.39 is 11.6 Å². The highest BCUT2D eigenvalue weighted by molar-refractivity contribution is 6.08. The van der Waals surface area contributed by atoms with Crippen LogP contribution in [-0.2, 0) is 9.59 Å². The third-order valence-corrected chi connectivity index (χ3v) is 6.91. The molecule has 6 nitrogen and oxygen atoms in total. The maximum atomic E-state index is 12.7.